The summed E-state index contributed by atoms with van der Waals surface area (Å²) in [6.07, 6.45) is 5.29. The Morgan fingerprint density at radius 2 is 2.05 bits per heavy atom. The maximum Gasteiger partial charge on any atom is 0.172 e. The Morgan fingerprint density at radius 3 is 2.68 bits per heavy atom. The molecular weight excluding hydrogens is 306 g/mol. The fraction of sp³-hybridized carbons (Fsp3) is 0.600. The van der Waals surface area contributed by atoms with Crippen molar-refractivity contribution in [1.29, 1.82) is 0 Å². The van der Waals surface area contributed by atoms with Gasteiger partial charge in [0.25, 0.3) is 0 Å². The molecule has 106 valence electrons. The Kier molecular flexibility index (Phi) is 5.11. The largest absolute Gasteiger partial charge is 0.503 e. The highest BCUT2D eigenvalue weighted by Gasteiger charge is 2.20. The number of hydrogen-bond acceptors (Lipinski definition) is 3. The first kappa shape index (κ1) is 14.7. The van der Waals surface area contributed by atoms with Gasteiger partial charge in [0.1, 0.15) is 0 Å². The molecule has 0 atom stereocenters. The average molecular weight is 328 g/mol. The number of aromatic hydroxyl groups is 1. The fourth-order valence-electron chi connectivity index (χ4n) is 2.75. The maximum atomic E-state index is 9.91. The molecule has 1 aromatic rings. The van der Waals surface area contributed by atoms with Crippen LogP contribution in [0, 0.1) is 0 Å². The van der Waals surface area contributed by atoms with Crippen molar-refractivity contribution in [3.8, 4) is 11.5 Å². The molecular formula is C15H22BrNO2. The number of benzene rings is 1. The number of phenols is 1. The predicted molar refractivity (Wildman–Crippen MR) is 80.7 cm³/mol. The van der Waals surface area contributed by atoms with Gasteiger partial charge in [-0.05, 0) is 60.4 Å². The highest BCUT2D eigenvalue weighted by molar-refractivity contribution is 9.10. The molecule has 4 heteroatoms. The van der Waals surface area contributed by atoms with E-state index in [0.717, 1.165) is 6.54 Å². The van der Waals surface area contributed by atoms with E-state index in [1.807, 2.05) is 19.1 Å². The van der Waals surface area contributed by atoms with Crippen LogP contribution in [0.5, 0.6) is 11.5 Å². The van der Waals surface area contributed by atoms with Crippen LogP contribution in [0.25, 0.3) is 0 Å². The van der Waals surface area contributed by atoms with Crippen molar-refractivity contribution < 1.29 is 9.84 Å². The van der Waals surface area contributed by atoms with Crippen LogP contribution < -0.4 is 4.74 Å². The molecule has 0 heterocycles. The van der Waals surface area contributed by atoms with Crippen molar-refractivity contribution in [2.75, 3.05) is 13.7 Å². The monoisotopic (exact) mass is 327 g/mol. The van der Waals surface area contributed by atoms with Gasteiger partial charge in [0.2, 0.25) is 0 Å². The van der Waals surface area contributed by atoms with Gasteiger partial charge in [-0.15, -0.1) is 0 Å². The zero-order valence-electron chi connectivity index (χ0n) is 11.7. The first-order chi connectivity index (χ1) is 9.11. The third-order valence-electron chi connectivity index (χ3n) is 3.77. The van der Waals surface area contributed by atoms with Crippen molar-refractivity contribution in [3.63, 3.8) is 0 Å². The lowest BCUT2D eigenvalue weighted by molar-refractivity contribution is 0.236. The van der Waals surface area contributed by atoms with Crippen LogP contribution in [0.3, 0.4) is 0 Å². The first-order valence-corrected chi connectivity index (χ1v) is 7.75. The molecule has 1 aromatic carbocycles. The van der Waals surface area contributed by atoms with Gasteiger partial charge in [0.15, 0.2) is 11.5 Å². The van der Waals surface area contributed by atoms with Gasteiger partial charge in [0, 0.05) is 12.6 Å². The van der Waals surface area contributed by atoms with Crippen molar-refractivity contribution in [2.24, 2.45) is 0 Å². The molecule has 0 unspecified atom stereocenters. The quantitative estimate of drug-likeness (QED) is 0.889. The third-order valence-corrected chi connectivity index (χ3v) is 4.37. The number of phenolic OH excluding ortho intramolecular Hbond substituents is 1. The van der Waals surface area contributed by atoms with Gasteiger partial charge in [-0.2, -0.15) is 0 Å². The normalized spacial score (nSPS) is 16.2. The minimum atomic E-state index is 0.189. The molecule has 1 N–H and O–H groups in total. The lowest BCUT2D eigenvalue weighted by Crippen LogP contribution is -2.28. The maximum absolute atomic E-state index is 9.91. The van der Waals surface area contributed by atoms with E-state index >= 15 is 0 Å². The Morgan fingerprint density at radius 1 is 1.37 bits per heavy atom. The van der Waals surface area contributed by atoms with Crippen LogP contribution in [0.4, 0.5) is 0 Å². The van der Waals surface area contributed by atoms with E-state index in [0.29, 0.717) is 22.9 Å². The summed E-state index contributed by atoms with van der Waals surface area (Å²) in [5.74, 6) is 0.751. The third kappa shape index (κ3) is 3.63. The molecule has 2 rings (SSSR count). The number of hydrogen-bond donors (Lipinski definition) is 1. The standard InChI is InChI=1S/C15H22BrNO2/c1-3-19-14-9-11(8-13(16)15(14)18)10-17(2)12-6-4-5-7-12/h8-9,12,18H,3-7,10H2,1-2H3. The smallest absolute Gasteiger partial charge is 0.172 e. The molecule has 19 heavy (non-hydrogen) atoms. The zero-order valence-corrected chi connectivity index (χ0v) is 13.2. The van der Waals surface area contributed by atoms with Crippen LogP contribution in [0.15, 0.2) is 16.6 Å². The lowest BCUT2D eigenvalue weighted by Gasteiger charge is -2.24. The van der Waals surface area contributed by atoms with E-state index in [4.69, 9.17) is 4.74 Å². The molecule has 1 fully saturated rings. The van der Waals surface area contributed by atoms with E-state index in [-0.39, 0.29) is 5.75 Å². The second-order valence-corrected chi connectivity index (χ2v) is 6.07. The molecule has 0 bridgehead atoms. The Bertz CT molecular complexity index is 430. The predicted octanol–water partition coefficient (Wildman–Crippen LogP) is 3.93. The van der Waals surface area contributed by atoms with Gasteiger partial charge < -0.3 is 9.84 Å². The number of nitrogens with zero attached hydrogens (tertiary/aromatic N) is 1. The highest BCUT2D eigenvalue weighted by Crippen LogP contribution is 2.36. The molecule has 3 nitrogen and oxygen atoms in total. The molecule has 0 saturated heterocycles. The van der Waals surface area contributed by atoms with Gasteiger partial charge in [-0.25, -0.2) is 0 Å². The summed E-state index contributed by atoms with van der Waals surface area (Å²) in [6.45, 7) is 3.37. The van der Waals surface area contributed by atoms with Crippen molar-refractivity contribution >= 4 is 15.9 Å². The summed E-state index contributed by atoms with van der Waals surface area (Å²) < 4.78 is 6.17. The second kappa shape index (κ2) is 6.62. The molecule has 1 aliphatic carbocycles. The number of halogens is 1. The summed E-state index contributed by atoms with van der Waals surface area (Å²) in [5, 5.41) is 9.91. The Balaban J connectivity index is 2.10. The van der Waals surface area contributed by atoms with E-state index in [1.54, 1.807) is 0 Å². The first-order valence-electron chi connectivity index (χ1n) is 6.96. The minimum Gasteiger partial charge on any atom is -0.503 e. The van der Waals surface area contributed by atoms with Gasteiger partial charge >= 0.3 is 0 Å². The average Bonchev–Trinajstić information content (AvgIpc) is 2.89. The van der Waals surface area contributed by atoms with Crippen molar-refractivity contribution in [3.05, 3.63) is 22.2 Å². The van der Waals surface area contributed by atoms with Crippen LogP contribution in [0.2, 0.25) is 0 Å². The van der Waals surface area contributed by atoms with Crippen LogP contribution in [-0.4, -0.2) is 29.7 Å². The van der Waals surface area contributed by atoms with E-state index in [1.165, 1.54) is 31.2 Å². The summed E-state index contributed by atoms with van der Waals surface area (Å²) in [5.41, 5.74) is 1.17. The Hall–Kier alpha value is -0.740. The number of ether oxygens (including phenoxy) is 1. The molecule has 0 aliphatic heterocycles. The summed E-state index contributed by atoms with van der Waals surface area (Å²) >= 11 is 3.39. The van der Waals surface area contributed by atoms with Crippen LogP contribution >= 0.6 is 15.9 Å². The van der Waals surface area contributed by atoms with Gasteiger partial charge in [-0.3, -0.25) is 4.90 Å². The summed E-state index contributed by atoms with van der Waals surface area (Å²) in [7, 11) is 2.18. The minimum absolute atomic E-state index is 0.189. The van der Waals surface area contributed by atoms with Crippen molar-refractivity contribution in [2.45, 2.75) is 45.2 Å². The number of rotatable bonds is 5. The van der Waals surface area contributed by atoms with Gasteiger partial charge in [0.05, 0.1) is 11.1 Å². The summed E-state index contributed by atoms with van der Waals surface area (Å²) in [6, 6.07) is 4.61. The van der Waals surface area contributed by atoms with E-state index < -0.39 is 0 Å². The van der Waals surface area contributed by atoms with Crippen molar-refractivity contribution in [1.82, 2.24) is 4.90 Å². The topological polar surface area (TPSA) is 32.7 Å². The Labute approximate surface area is 123 Å². The highest BCUT2D eigenvalue weighted by atomic mass is 79.9. The lowest BCUT2D eigenvalue weighted by atomic mass is 10.1. The molecule has 1 aliphatic rings. The van der Waals surface area contributed by atoms with Gasteiger partial charge in [-0.1, -0.05) is 12.8 Å². The fourth-order valence-corrected chi connectivity index (χ4v) is 3.24. The SMILES string of the molecule is CCOc1cc(CN(C)C2CCCC2)cc(Br)c1O. The molecule has 1 saturated carbocycles. The van der Waals surface area contributed by atoms with E-state index in [9.17, 15) is 5.11 Å². The molecule has 0 spiro atoms. The second-order valence-electron chi connectivity index (χ2n) is 5.21. The van der Waals surface area contributed by atoms with Crippen LogP contribution in [0.1, 0.15) is 38.2 Å². The summed E-state index contributed by atoms with van der Waals surface area (Å²) in [4.78, 5) is 2.40. The zero-order chi connectivity index (χ0) is 13.8. The van der Waals surface area contributed by atoms with Crippen LogP contribution in [-0.2, 0) is 6.54 Å². The molecule has 0 aromatic heterocycles. The molecule has 0 amide bonds. The van der Waals surface area contributed by atoms with E-state index in [2.05, 4.69) is 27.9 Å². The molecule has 0 radical (unpaired) electrons.